The lowest BCUT2D eigenvalue weighted by atomic mass is 9.78. The van der Waals surface area contributed by atoms with Gasteiger partial charge >= 0.3 is 7.12 Å². The van der Waals surface area contributed by atoms with Crippen LogP contribution in [0.2, 0.25) is 0 Å². The lowest BCUT2D eigenvalue weighted by molar-refractivity contribution is 0.00578. The second-order valence-electron chi connectivity index (χ2n) is 7.49. The highest BCUT2D eigenvalue weighted by Gasteiger charge is 2.51. The van der Waals surface area contributed by atoms with E-state index in [2.05, 4.69) is 71.2 Å². The predicted octanol–water partition coefficient (Wildman–Crippen LogP) is 2.78. The molecule has 0 bridgehead atoms. The van der Waals surface area contributed by atoms with Crippen molar-refractivity contribution in [3.63, 3.8) is 0 Å². The van der Waals surface area contributed by atoms with Gasteiger partial charge in [-0.05, 0) is 54.7 Å². The molecule has 25 heavy (non-hydrogen) atoms. The summed E-state index contributed by atoms with van der Waals surface area (Å²) >= 11 is 0. The molecule has 0 aromatic heterocycles. The van der Waals surface area contributed by atoms with Gasteiger partial charge in [0, 0.05) is 0 Å². The van der Waals surface area contributed by atoms with Crippen molar-refractivity contribution in [2.24, 2.45) is 0 Å². The van der Waals surface area contributed by atoms with Crippen LogP contribution in [-0.2, 0) is 9.31 Å². The van der Waals surface area contributed by atoms with Gasteiger partial charge in [0.2, 0.25) is 0 Å². The van der Waals surface area contributed by atoms with E-state index in [0.29, 0.717) is 0 Å². The number of benzene rings is 2. The van der Waals surface area contributed by atoms with Gasteiger partial charge in [-0.1, -0.05) is 67.8 Å². The number of hydrogen-bond donors (Lipinski definition) is 0. The van der Waals surface area contributed by atoms with E-state index >= 15 is 0 Å². The highest BCUT2D eigenvalue weighted by Crippen LogP contribution is 2.36. The average molecular weight is 332 g/mol. The van der Waals surface area contributed by atoms with Crippen molar-refractivity contribution < 1.29 is 9.31 Å². The lowest BCUT2D eigenvalue weighted by Gasteiger charge is -2.32. The summed E-state index contributed by atoms with van der Waals surface area (Å²) in [5, 5.41) is 2.09. The molecule has 1 saturated heterocycles. The van der Waals surface area contributed by atoms with Gasteiger partial charge in [-0.2, -0.15) is 0 Å². The molecule has 3 rings (SSSR count). The van der Waals surface area contributed by atoms with Crippen molar-refractivity contribution in [1.82, 2.24) is 0 Å². The fraction of sp³-hybridized carbons (Fsp3) is 0.273. The molecule has 1 heterocycles. The van der Waals surface area contributed by atoms with E-state index < -0.39 is 0 Å². The largest absolute Gasteiger partial charge is 0.494 e. The molecule has 2 aromatic carbocycles. The molecule has 0 N–H and O–H groups in total. The third-order valence-corrected chi connectivity index (χ3v) is 5.26. The fourth-order valence-electron chi connectivity index (χ4n) is 2.97. The second-order valence-corrected chi connectivity index (χ2v) is 7.49. The standard InChI is InChI=1S/C22H25BO2/c1-7-19(20-11-9-8-10-16(20)2)17-12-14-18(15-13-17)23-24-21(3,4)22(5,6)25-23/h7-15H,1-2H2,3-6H3/b20-19+. The van der Waals surface area contributed by atoms with Crippen LogP contribution in [0.4, 0.5) is 0 Å². The molecule has 0 atom stereocenters. The minimum atomic E-state index is -0.341. The monoisotopic (exact) mass is 332 g/mol. The Bertz CT molecular complexity index is 878. The normalized spacial score (nSPS) is 19.6. The van der Waals surface area contributed by atoms with Gasteiger partial charge in [-0.3, -0.25) is 0 Å². The zero-order chi connectivity index (χ0) is 18.2. The Labute approximate surface area is 150 Å². The first-order chi connectivity index (χ1) is 11.7. The third kappa shape index (κ3) is 3.22. The van der Waals surface area contributed by atoms with E-state index in [1.54, 1.807) is 0 Å². The molecule has 3 heteroatoms. The SMILES string of the molecule is C=C/C(c1ccc(B2OC(C)(C)C(C)(C)O2)cc1)=c1/ccccc1=C. The van der Waals surface area contributed by atoms with Crippen molar-refractivity contribution in [2.45, 2.75) is 38.9 Å². The van der Waals surface area contributed by atoms with Crippen LogP contribution in [0.25, 0.3) is 12.2 Å². The van der Waals surface area contributed by atoms with E-state index in [9.17, 15) is 0 Å². The summed E-state index contributed by atoms with van der Waals surface area (Å²) in [6, 6.07) is 16.4. The summed E-state index contributed by atoms with van der Waals surface area (Å²) in [4.78, 5) is 0. The second kappa shape index (κ2) is 6.32. The van der Waals surface area contributed by atoms with E-state index in [4.69, 9.17) is 9.31 Å². The van der Waals surface area contributed by atoms with Crippen molar-refractivity contribution >= 4 is 24.7 Å². The smallest absolute Gasteiger partial charge is 0.399 e. The van der Waals surface area contributed by atoms with Crippen LogP contribution >= 0.6 is 0 Å². The summed E-state index contributed by atoms with van der Waals surface area (Å²) < 4.78 is 12.2. The van der Waals surface area contributed by atoms with Gasteiger partial charge in [0.1, 0.15) is 0 Å². The Balaban J connectivity index is 1.97. The Kier molecular flexibility index (Phi) is 4.48. The highest BCUT2D eigenvalue weighted by molar-refractivity contribution is 6.62. The molecular formula is C22H25BO2. The van der Waals surface area contributed by atoms with E-state index in [1.165, 1.54) is 0 Å². The maximum atomic E-state index is 6.12. The summed E-state index contributed by atoms with van der Waals surface area (Å²) in [7, 11) is -0.341. The number of allylic oxidation sites excluding steroid dienone is 1. The highest BCUT2D eigenvalue weighted by atomic mass is 16.7. The fourth-order valence-corrected chi connectivity index (χ4v) is 2.97. The summed E-state index contributed by atoms with van der Waals surface area (Å²) in [6.45, 7) is 16.4. The molecule has 1 aliphatic heterocycles. The Morgan fingerprint density at radius 2 is 1.48 bits per heavy atom. The Morgan fingerprint density at radius 1 is 0.920 bits per heavy atom. The molecule has 0 amide bonds. The van der Waals surface area contributed by atoms with Crippen molar-refractivity contribution in [1.29, 1.82) is 0 Å². The van der Waals surface area contributed by atoms with Gasteiger partial charge in [-0.25, -0.2) is 0 Å². The quantitative estimate of drug-likeness (QED) is 0.805. The van der Waals surface area contributed by atoms with Gasteiger partial charge in [0.25, 0.3) is 0 Å². The van der Waals surface area contributed by atoms with Crippen LogP contribution in [0.5, 0.6) is 0 Å². The molecule has 0 radical (unpaired) electrons. The molecular weight excluding hydrogens is 307 g/mol. The number of hydrogen-bond acceptors (Lipinski definition) is 2. The minimum Gasteiger partial charge on any atom is -0.399 e. The van der Waals surface area contributed by atoms with Crippen LogP contribution < -0.4 is 15.9 Å². The molecule has 1 aliphatic rings. The first-order valence-electron chi connectivity index (χ1n) is 8.62. The molecule has 0 saturated carbocycles. The van der Waals surface area contributed by atoms with Crippen molar-refractivity contribution in [2.75, 3.05) is 0 Å². The third-order valence-electron chi connectivity index (χ3n) is 5.26. The molecule has 0 spiro atoms. The molecule has 128 valence electrons. The van der Waals surface area contributed by atoms with Gasteiger partial charge in [0.05, 0.1) is 11.2 Å². The lowest BCUT2D eigenvalue weighted by Crippen LogP contribution is -2.41. The van der Waals surface area contributed by atoms with Gasteiger partial charge in [0.15, 0.2) is 0 Å². The first kappa shape index (κ1) is 17.7. The summed E-state index contributed by atoms with van der Waals surface area (Å²) in [5.74, 6) is 0. The maximum absolute atomic E-state index is 6.12. The van der Waals surface area contributed by atoms with E-state index in [1.807, 2.05) is 24.3 Å². The Hall–Kier alpha value is -2.10. The average Bonchev–Trinajstić information content (AvgIpc) is 2.78. The first-order valence-corrected chi connectivity index (χ1v) is 8.62. The van der Waals surface area contributed by atoms with Crippen LogP contribution in [0, 0.1) is 0 Å². The zero-order valence-corrected chi connectivity index (χ0v) is 15.5. The van der Waals surface area contributed by atoms with Crippen LogP contribution in [-0.4, -0.2) is 18.3 Å². The van der Waals surface area contributed by atoms with Crippen LogP contribution in [0.15, 0.2) is 61.2 Å². The molecule has 2 nitrogen and oxygen atoms in total. The van der Waals surface area contributed by atoms with Crippen molar-refractivity contribution in [3.05, 3.63) is 77.2 Å². The zero-order valence-electron chi connectivity index (χ0n) is 15.5. The molecule has 0 aliphatic carbocycles. The minimum absolute atomic E-state index is 0.332. The maximum Gasteiger partial charge on any atom is 0.494 e. The summed E-state index contributed by atoms with van der Waals surface area (Å²) in [6.07, 6.45) is 1.88. The Morgan fingerprint density at radius 3 is 2.00 bits per heavy atom. The molecule has 2 aromatic rings. The number of rotatable bonds is 3. The van der Waals surface area contributed by atoms with Gasteiger partial charge in [-0.15, -0.1) is 0 Å². The van der Waals surface area contributed by atoms with Gasteiger partial charge < -0.3 is 9.31 Å². The van der Waals surface area contributed by atoms with Crippen LogP contribution in [0.1, 0.15) is 33.3 Å². The summed E-state index contributed by atoms with van der Waals surface area (Å²) in [5.41, 5.74) is 2.54. The molecule has 1 fully saturated rings. The van der Waals surface area contributed by atoms with E-state index in [0.717, 1.165) is 27.0 Å². The predicted molar refractivity (Wildman–Crippen MR) is 106 cm³/mol. The topological polar surface area (TPSA) is 18.5 Å². The van der Waals surface area contributed by atoms with E-state index in [-0.39, 0.29) is 18.3 Å². The van der Waals surface area contributed by atoms with Crippen LogP contribution in [0.3, 0.4) is 0 Å². The molecule has 0 unspecified atom stereocenters. The van der Waals surface area contributed by atoms with Crippen molar-refractivity contribution in [3.8, 4) is 0 Å².